The largest absolute Gasteiger partial charge is 0.489 e. The van der Waals surface area contributed by atoms with Gasteiger partial charge < -0.3 is 14.8 Å². The first-order chi connectivity index (χ1) is 14.1. The average molecular weight is 382 g/mol. The first-order valence-electron chi connectivity index (χ1n) is 9.99. The van der Waals surface area contributed by atoms with Crippen molar-refractivity contribution < 1.29 is 14.8 Å². The maximum absolute atomic E-state index is 10.1. The van der Waals surface area contributed by atoms with Gasteiger partial charge in [-0.2, -0.15) is 0 Å². The van der Waals surface area contributed by atoms with Gasteiger partial charge in [0.25, 0.3) is 0 Å². The number of benzene rings is 2. The van der Waals surface area contributed by atoms with E-state index in [0.29, 0.717) is 5.46 Å². The molecule has 1 fully saturated rings. The molecule has 4 heteroatoms. The molecule has 0 radical (unpaired) electrons. The summed E-state index contributed by atoms with van der Waals surface area (Å²) in [7, 11) is -1.54. The van der Waals surface area contributed by atoms with Crippen molar-refractivity contribution in [1.29, 1.82) is 0 Å². The van der Waals surface area contributed by atoms with Crippen molar-refractivity contribution in [3.63, 3.8) is 0 Å². The van der Waals surface area contributed by atoms with Gasteiger partial charge in [-0.3, -0.25) is 0 Å². The summed E-state index contributed by atoms with van der Waals surface area (Å²) in [5, 5.41) is 20.2. The van der Waals surface area contributed by atoms with Crippen molar-refractivity contribution in [1.82, 2.24) is 0 Å². The van der Waals surface area contributed by atoms with Crippen molar-refractivity contribution in [2.24, 2.45) is 11.8 Å². The first kappa shape index (κ1) is 18.4. The molecule has 1 saturated heterocycles. The Kier molecular flexibility index (Phi) is 4.25. The predicted octanol–water partition coefficient (Wildman–Crippen LogP) is 3.13. The lowest BCUT2D eigenvalue weighted by Gasteiger charge is -2.53. The normalized spacial score (nSPS) is 31.1. The number of rotatable bonds is 3. The second-order valence-corrected chi connectivity index (χ2v) is 7.92. The van der Waals surface area contributed by atoms with E-state index in [1.807, 2.05) is 30.4 Å². The van der Waals surface area contributed by atoms with Crippen molar-refractivity contribution >= 4 is 12.6 Å². The lowest BCUT2D eigenvalue weighted by molar-refractivity contribution is -0.0798. The Labute approximate surface area is 171 Å². The average Bonchev–Trinajstić information content (AvgIpc) is 3.05. The summed E-state index contributed by atoms with van der Waals surface area (Å²) in [4.78, 5) is 0. The zero-order valence-electron chi connectivity index (χ0n) is 16.1. The molecule has 3 aliphatic rings. The van der Waals surface area contributed by atoms with Gasteiger partial charge in [0.1, 0.15) is 0 Å². The van der Waals surface area contributed by atoms with Crippen molar-refractivity contribution in [2.75, 3.05) is 0 Å². The molecular formula is C25H23BO3. The maximum Gasteiger partial charge on any atom is 0.489 e. The van der Waals surface area contributed by atoms with Gasteiger partial charge in [-0.05, 0) is 27.7 Å². The molecule has 2 aromatic rings. The second kappa shape index (κ2) is 6.70. The Morgan fingerprint density at radius 3 is 2.45 bits per heavy atom. The molecule has 1 spiro atoms. The fourth-order valence-electron chi connectivity index (χ4n) is 5.75. The first-order valence-corrected chi connectivity index (χ1v) is 9.99. The summed E-state index contributed by atoms with van der Waals surface area (Å²) in [5.41, 5.74) is 4.34. The van der Waals surface area contributed by atoms with Crippen LogP contribution >= 0.6 is 0 Å². The van der Waals surface area contributed by atoms with Gasteiger partial charge >= 0.3 is 7.12 Å². The summed E-state index contributed by atoms with van der Waals surface area (Å²) in [6.07, 6.45) is 12.0. The number of hydrogen-bond donors (Lipinski definition) is 2. The Morgan fingerprint density at radius 1 is 0.931 bits per heavy atom. The van der Waals surface area contributed by atoms with Crippen LogP contribution in [0.5, 0.6) is 0 Å². The molecule has 3 nitrogen and oxygen atoms in total. The van der Waals surface area contributed by atoms with Crippen LogP contribution in [0.2, 0.25) is 0 Å². The highest BCUT2D eigenvalue weighted by Crippen LogP contribution is 2.61. The molecule has 5 unspecified atom stereocenters. The standard InChI is InChI=1S/C25H23BO3/c1-3-17-22(4-2)29-23-15-8-7-12-19(23)25(17)18-11-6-5-10-16(18)24-20(25)13-9-14-21(24)26(27)28/h3-15,17,19,22-23,27-28H,1-2H2. The van der Waals surface area contributed by atoms with Gasteiger partial charge in [-0.25, -0.2) is 0 Å². The van der Waals surface area contributed by atoms with Crippen LogP contribution in [0, 0.1) is 11.8 Å². The quantitative estimate of drug-likeness (QED) is 0.634. The molecule has 0 amide bonds. The van der Waals surface area contributed by atoms with E-state index in [1.165, 1.54) is 5.56 Å². The summed E-state index contributed by atoms with van der Waals surface area (Å²) in [5.74, 6) is 0.00562. The number of fused-ring (bicyclic) bond motifs is 7. The Morgan fingerprint density at radius 2 is 1.69 bits per heavy atom. The number of hydrogen-bond acceptors (Lipinski definition) is 3. The lowest BCUT2D eigenvalue weighted by Crippen LogP contribution is -2.56. The fourth-order valence-corrected chi connectivity index (χ4v) is 5.75. The van der Waals surface area contributed by atoms with Crippen LogP contribution in [0.25, 0.3) is 11.1 Å². The molecule has 1 aliphatic heterocycles. The molecule has 5 rings (SSSR count). The van der Waals surface area contributed by atoms with Gasteiger partial charge in [0.15, 0.2) is 0 Å². The third-order valence-corrected chi connectivity index (χ3v) is 6.75. The van der Waals surface area contributed by atoms with E-state index < -0.39 is 12.5 Å². The summed E-state index contributed by atoms with van der Waals surface area (Å²) < 4.78 is 6.41. The lowest BCUT2D eigenvalue weighted by atomic mass is 9.55. The van der Waals surface area contributed by atoms with Crippen LogP contribution in [0.4, 0.5) is 0 Å². The highest BCUT2D eigenvalue weighted by atomic mass is 16.5. The zero-order valence-corrected chi connectivity index (χ0v) is 16.1. The minimum atomic E-state index is -1.54. The van der Waals surface area contributed by atoms with Crippen LogP contribution in [0.15, 0.2) is 92.1 Å². The summed E-state index contributed by atoms with van der Waals surface area (Å²) in [6.45, 7) is 8.21. The summed E-state index contributed by atoms with van der Waals surface area (Å²) in [6, 6.07) is 14.1. The Hall–Kier alpha value is -2.66. The van der Waals surface area contributed by atoms with E-state index in [0.717, 1.165) is 16.7 Å². The van der Waals surface area contributed by atoms with E-state index in [2.05, 4.69) is 55.7 Å². The fraction of sp³-hybridized carbons (Fsp3) is 0.200. The van der Waals surface area contributed by atoms with Crippen LogP contribution < -0.4 is 5.46 Å². The third-order valence-electron chi connectivity index (χ3n) is 6.75. The van der Waals surface area contributed by atoms with Gasteiger partial charge in [0.2, 0.25) is 0 Å². The number of allylic oxidation sites excluding steroid dienone is 2. The Bertz CT molecular complexity index is 1050. The van der Waals surface area contributed by atoms with E-state index in [1.54, 1.807) is 6.07 Å². The Balaban J connectivity index is 1.91. The van der Waals surface area contributed by atoms with Gasteiger partial charge in [0, 0.05) is 17.3 Å². The van der Waals surface area contributed by atoms with Crippen molar-refractivity contribution in [3.8, 4) is 11.1 Å². The molecule has 144 valence electrons. The molecule has 5 atom stereocenters. The number of ether oxygens (including phenoxy) is 1. The topological polar surface area (TPSA) is 49.7 Å². The van der Waals surface area contributed by atoms with Gasteiger partial charge in [-0.15, -0.1) is 13.2 Å². The van der Waals surface area contributed by atoms with E-state index in [4.69, 9.17) is 4.74 Å². The predicted molar refractivity (Wildman–Crippen MR) is 117 cm³/mol. The monoisotopic (exact) mass is 382 g/mol. The second-order valence-electron chi connectivity index (χ2n) is 7.92. The molecule has 0 saturated carbocycles. The molecule has 2 N–H and O–H groups in total. The highest BCUT2D eigenvalue weighted by Gasteiger charge is 2.59. The molecule has 2 aromatic carbocycles. The van der Waals surface area contributed by atoms with Crippen LogP contribution in [0.3, 0.4) is 0 Å². The highest BCUT2D eigenvalue weighted by molar-refractivity contribution is 6.60. The molecule has 2 aliphatic carbocycles. The van der Waals surface area contributed by atoms with Crippen molar-refractivity contribution in [2.45, 2.75) is 17.6 Å². The smallest absolute Gasteiger partial charge is 0.423 e. The molecule has 1 heterocycles. The summed E-state index contributed by atoms with van der Waals surface area (Å²) >= 11 is 0. The van der Waals surface area contributed by atoms with Crippen LogP contribution in [0.1, 0.15) is 11.1 Å². The van der Waals surface area contributed by atoms with E-state index in [-0.39, 0.29) is 24.0 Å². The molecule has 0 bridgehead atoms. The SMILES string of the molecule is C=CC1OC2C=CC=CC2C2(c3ccccc3-c3c(B(O)O)cccc32)C1C=C. The van der Waals surface area contributed by atoms with Crippen LogP contribution in [-0.2, 0) is 10.2 Å². The van der Waals surface area contributed by atoms with Gasteiger partial charge in [0.05, 0.1) is 12.2 Å². The minimum absolute atomic E-state index is 0.0501. The minimum Gasteiger partial charge on any atom is -0.423 e. The van der Waals surface area contributed by atoms with E-state index >= 15 is 0 Å². The zero-order chi connectivity index (χ0) is 20.2. The third kappa shape index (κ3) is 2.31. The molecule has 29 heavy (non-hydrogen) atoms. The van der Waals surface area contributed by atoms with E-state index in [9.17, 15) is 10.0 Å². The molecule has 0 aromatic heterocycles. The maximum atomic E-state index is 10.1. The van der Waals surface area contributed by atoms with Crippen molar-refractivity contribution in [3.05, 3.63) is 103 Å². The van der Waals surface area contributed by atoms with Crippen LogP contribution in [-0.4, -0.2) is 29.4 Å². The van der Waals surface area contributed by atoms with Gasteiger partial charge in [-0.1, -0.05) is 78.9 Å². The molecular weight excluding hydrogens is 359 g/mol.